The molecule has 1 atom stereocenters. The van der Waals surface area contributed by atoms with Crippen molar-refractivity contribution in [2.45, 2.75) is 30.8 Å². The molecular weight excluding hydrogens is 288 g/mol. The standard InChI is InChI=1S/C16H18O4S/c1-3-16(2,14-10-6-4-7-11-14)19-20-21(17,18)15-12-8-5-9-13-15/h4-13H,3H2,1-2H3. The van der Waals surface area contributed by atoms with Crippen LogP contribution in [0.1, 0.15) is 25.8 Å². The number of benzene rings is 2. The minimum absolute atomic E-state index is 0.0662. The topological polar surface area (TPSA) is 52.6 Å². The van der Waals surface area contributed by atoms with E-state index in [-0.39, 0.29) is 4.90 Å². The third-order valence-electron chi connectivity index (χ3n) is 3.40. The molecule has 0 heterocycles. The van der Waals surface area contributed by atoms with Crippen LogP contribution in [-0.4, -0.2) is 8.42 Å². The Morgan fingerprint density at radius 1 is 0.952 bits per heavy atom. The minimum atomic E-state index is -3.93. The first-order chi connectivity index (χ1) is 9.98. The monoisotopic (exact) mass is 306 g/mol. The van der Waals surface area contributed by atoms with E-state index in [2.05, 4.69) is 0 Å². The van der Waals surface area contributed by atoms with Crippen molar-refractivity contribution in [1.29, 1.82) is 0 Å². The van der Waals surface area contributed by atoms with Gasteiger partial charge in [0, 0.05) is 0 Å². The van der Waals surface area contributed by atoms with Gasteiger partial charge < -0.3 is 0 Å². The van der Waals surface area contributed by atoms with Gasteiger partial charge in [-0.15, -0.1) is 4.33 Å². The van der Waals surface area contributed by atoms with E-state index in [4.69, 9.17) is 9.22 Å². The van der Waals surface area contributed by atoms with Crippen LogP contribution in [0.15, 0.2) is 65.6 Å². The molecule has 0 aliphatic heterocycles. The Kier molecular flexibility index (Phi) is 4.77. The maximum atomic E-state index is 12.1. The van der Waals surface area contributed by atoms with E-state index in [1.54, 1.807) is 25.1 Å². The average molecular weight is 306 g/mol. The first-order valence-electron chi connectivity index (χ1n) is 6.71. The zero-order valence-electron chi connectivity index (χ0n) is 12.0. The van der Waals surface area contributed by atoms with Gasteiger partial charge in [0.25, 0.3) is 0 Å². The summed E-state index contributed by atoms with van der Waals surface area (Å²) in [5.74, 6) is 0. The lowest BCUT2D eigenvalue weighted by Gasteiger charge is -2.26. The highest BCUT2D eigenvalue weighted by Crippen LogP contribution is 2.30. The molecule has 0 N–H and O–H groups in total. The smallest absolute Gasteiger partial charge is 0.208 e. The van der Waals surface area contributed by atoms with Gasteiger partial charge in [-0.3, -0.25) is 0 Å². The molecule has 0 amide bonds. The number of rotatable bonds is 6. The fourth-order valence-corrected chi connectivity index (χ4v) is 2.66. The Morgan fingerprint density at radius 2 is 1.48 bits per heavy atom. The molecule has 0 aliphatic carbocycles. The van der Waals surface area contributed by atoms with Crippen LogP contribution in [0.5, 0.6) is 0 Å². The molecule has 0 bridgehead atoms. The van der Waals surface area contributed by atoms with Gasteiger partial charge in [-0.1, -0.05) is 55.5 Å². The van der Waals surface area contributed by atoms with Crippen molar-refractivity contribution >= 4 is 10.1 Å². The summed E-state index contributed by atoms with van der Waals surface area (Å²) >= 11 is 0. The molecule has 0 saturated carbocycles. The van der Waals surface area contributed by atoms with Crippen molar-refractivity contribution in [3.8, 4) is 0 Å². The summed E-state index contributed by atoms with van der Waals surface area (Å²) in [5, 5.41) is 0. The van der Waals surface area contributed by atoms with E-state index in [0.717, 1.165) is 5.56 Å². The van der Waals surface area contributed by atoms with Crippen molar-refractivity contribution in [2.24, 2.45) is 0 Å². The van der Waals surface area contributed by atoms with Crippen LogP contribution < -0.4 is 0 Å². The van der Waals surface area contributed by atoms with Crippen molar-refractivity contribution in [3.63, 3.8) is 0 Å². The van der Waals surface area contributed by atoms with E-state index in [1.165, 1.54) is 12.1 Å². The van der Waals surface area contributed by atoms with E-state index < -0.39 is 15.7 Å². The Morgan fingerprint density at radius 3 is 2.00 bits per heavy atom. The van der Waals surface area contributed by atoms with E-state index in [9.17, 15) is 8.42 Å². The molecule has 0 fully saturated rings. The largest absolute Gasteiger partial charge is 0.323 e. The maximum absolute atomic E-state index is 12.1. The van der Waals surface area contributed by atoms with Gasteiger partial charge >= 0.3 is 10.1 Å². The minimum Gasteiger partial charge on any atom is -0.208 e. The molecule has 0 radical (unpaired) electrons. The highest BCUT2D eigenvalue weighted by molar-refractivity contribution is 7.86. The van der Waals surface area contributed by atoms with Gasteiger partial charge in [0.05, 0.1) is 4.90 Å². The van der Waals surface area contributed by atoms with Crippen molar-refractivity contribution in [1.82, 2.24) is 0 Å². The molecule has 0 aromatic heterocycles. The summed E-state index contributed by atoms with van der Waals surface area (Å²) in [6.07, 6.45) is 0.571. The van der Waals surface area contributed by atoms with Gasteiger partial charge in [-0.05, 0) is 31.0 Å². The lowest BCUT2D eigenvalue weighted by molar-refractivity contribution is -0.290. The van der Waals surface area contributed by atoms with Gasteiger partial charge in [-0.2, -0.15) is 8.42 Å². The zero-order chi connectivity index (χ0) is 15.3. The fourth-order valence-electron chi connectivity index (χ4n) is 1.85. The first kappa shape index (κ1) is 15.7. The summed E-state index contributed by atoms with van der Waals surface area (Å²) < 4.78 is 29.0. The van der Waals surface area contributed by atoms with Crippen LogP contribution >= 0.6 is 0 Å². The summed E-state index contributed by atoms with van der Waals surface area (Å²) in [7, 11) is -3.93. The molecule has 0 aliphatic rings. The summed E-state index contributed by atoms with van der Waals surface area (Å²) in [6.45, 7) is 3.70. The van der Waals surface area contributed by atoms with Gasteiger partial charge in [0.1, 0.15) is 5.60 Å². The van der Waals surface area contributed by atoms with Gasteiger partial charge in [0.15, 0.2) is 0 Å². The normalized spacial score (nSPS) is 14.6. The van der Waals surface area contributed by atoms with Crippen LogP contribution in [0.4, 0.5) is 0 Å². The zero-order valence-corrected chi connectivity index (χ0v) is 12.8. The Bertz CT molecular complexity index is 668. The quantitative estimate of drug-likeness (QED) is 0.604. The Hall–Kier alpha value is -1.69. The fraction of sp³-hybridized carbons (Fsp3) is 0.250. The van der Waals surface area contributed by atoms with Crippen molar-refractivity contribution in [3.05, 3.63) is 66.2 Å². The highest BCUT2D eigenvalue weighted by Gasteiger charge is 2.30. The molecule has 0 saturated heterocycles. The van der Waals surface area contributed by atoms with Gasteiger partial charge in [0.2, 0.25) is 0 Å². The lowest BCUT2D eigenvalue weighted by atomic mass is 9.94. The first-order valence-corrected chi connectivity index (χ1v) is 8.12. The van der Waals surface area contributed by atoms with E-state index in [1.807, 2.05) is 37.3 Å². The van der Waals surface area contributed by atoms with Crippen LogP contribution in [0.2, 0.25) is 0 Å². The molecule has 2 aromatic rings. The lowest BCUT2D eigenvalue weighted by Crippen LogP contribution is -2.26. The predicted octanol–water partition coefficient (Wildman–Crippen LogP) is 3.65. The molecule has 1 unspecified atom stereocenters. The molecule has 2 rings (SSSR count). The van der Waals surface area contributed by atoms with Crippen molar-refractivity contribution < 1.29 is 17.6 Å². The number of hydrogen-bond donors (Lipinski definition) is 0. The second-order valence-electron chi connectivity index (χ2n) is 4.87. The SMILES string of the molecule is CCC(C)(OOS(=O)(=O)c1ccccc1)c1ccccc1. The molecule has 112 valence electrons. The van der Waals surface area contributed by atoms with Crippen molar-refractivity contribution in [2.75, 3.05) is 0 Å². The maximum Gasteiger partial charge on any atom is 0.323 e. The third kappa shape index (κ3) is 3.69. The molecule has 2 aromatic carbocycles. The number of hydrogen-bond acceptors (Lipinski definition) is 4. The Balaban J connectivity index is 2.18. The molecule has 5 heteroatoms. The van der Waals surface area contributed by atoms with E-state index >= 15 is 0 Å². The molecule has 21 heavy (non-hydrogen) atoms. The predicted molar refractivity (Wildman–Crippen MR) is 79.9 cm³/mol. The van der Waals surface area contributed by atoms with Gasteiger partial charge in [-0.25, -0.2) is 4.89 Å². The van der Waals surface area contributed by atoms with Crippen LogP contribution in [0.3, 0.4) is 0 Å². The molecule has 0 spiro atoms. The summed E-state index contributed by atoms with van der Waals surface area (Å²) in [5.41, 5.74) is 0.0269. The average Bonchev–Trinajstić information content (AvgIpc) is 2.54. The molecular formula is C16H18O4S. The van der Waals surface area contributed by atoms with E-state index in [0.29, 0.717) is 6.42 Å². The second-order valence-corrected chi connectivity index (χ2v) is 6.38. The Labute approximate surface area is 125 Å². The third-order valence-corrected chi connectivity index (χ3v) is 4.50. The summed E-state index contributed by atoms with van der Waals surface area (Å²) in [6, 6.07) is 17.3. The summed E-state index contributed by atoms with van der Waals surface area (Å²) in [4.78, 5) is 5.36. The molecule has 4 nitrogen and oxygen atoms in total. The highest BCUT2D eigenvalue weighted by atomic mass is 32.2. The second kappa shape index (κ2) is 6.39. The van der Waals surface area contributed by atoms with Crippen LogP contribution in [0, 0.1) is 0 Å². The van der Waals surface area contributed by atoms with Crippen LogP contribution in [0.25, 0.3) is 0 Å². The van der Waals surface area contributed by atoms with Crippen LogP contribution in [-0.2, 0) is 24.9 Å².